The Morgan fingerprint density at radius 2 is 1.13 bits per heavy atom. The molecule has 2 aromatic rings. The van der Waals surface area contributed by atoms with Gasteiger partial charge in [-0.1, -0.05) is 24.3 Å². The van der Waals surface area contributed by atoms with E-state index in [0.717, 1.165) is 0 Å². The Bertz CT molecular complexity index is 1010. The minimum Gasteiger partial charge on any atom is -0.350 e. The second kappa shape index (κ2) is 7.54. The highest BCUT2D eigenvalue weighted by Gasteiger charge is 2.52. The number of hydrogen-bond donors (Lipinski definition) is 2. The van der Waals surface area contributed by atoms with Gasteiger partial charge in [0, 0.05) is 26.2 Å². The number of amides is 4. The molecular weight excluding hydrogens is 396 g/mol. The molecule has 2 aromatic carbocycles. The van der Waals surface area contributed by atoms with Crippen molar-refractivity contribution in [1.29, 1.82) is 0 Å². The normalized spacial score (nSPS) is 22.3. The monoisotopic (exact) mass is 418 g/mol. The van der Waals surface area contributed by atoms with E-state index in [1.54, 1.807) is 58.3 Å². The third-order valence-electron chi connectivity index (χ3n) is 6.08. The Kier molecular flexibility index (Phi) is 4.69. The first-order valence-electron chi connectivity index (χ1n) is 10.4. The van der Waals surface area contributed by atoms with Crippen LogP contribution in [-0.2, 0) is 9.59 Å². The molecule has 0 spiro atoms. The number of benzene rings is 2. The second-order valence-electron chi connectivity index (χ2n) is 7.97. The molecule has 1 saturated carbocycles. The zero-order valence-electron chi connectivity index (χ0n) is 16.8. The van der Waals surface area contributed by atoms with Crippen molar-refractivity contribution in [2.45, 2.75) is 6.42 Å². The number of carbonyl (C=O) groups excluding carboxylic acids is 4. The lowest BCUT2D eigenvalue weighted by molar-refractivity contribution is -0.124. The highest BCUT2D eigenvalue weighted by molar-refractivity contribution is 6.11. The Balaban J connectivity index is 1.37. The van der Waals surface area contributed by atoms with Crippen LogP contribution in [0.25, 0.3) is 0 Å². The fourth-order valence-corrected chi connectivity index (χ4v) is 4.39. The van der Waals surface area contributed by atoms with Gasteiger partial charge in [-0.2, -0.15) is 0 Å². The van der Waals surface area contributed by atoms with E-state index in [1.807, 2.05) is 0 Å². The van der Waals surface area contributed by atoms with Crippen LogP contribution in [0.2, 0.25) is 0 Å². The van der Waals surface area contributed by atoms with E-state index in [1.165, 1.54) is 0 Å². The van der Waals surface area contributed by atoms with Gasteiger partial charge in [0.1, 0.15) is 0 Å². The third kappa shape index (κ3) is 3.34. The first-order valence-corrected chi connectivity index (χ1v) is 10.4. The number of carbonyl (C=O) groups is 4. The zero-order chi connectivity index (χ0) is 21.5. The molecule has 8 heteroatoms. The van der Waals surface area contributed by atoms with Gasteiger partial charge in [0.25, 0.3) is 11.8 Å². The summed E-state index contributed by atoms with van der Waals surface area (Å²) in [5, 5.41) is 5.61. The van der Waals surface area contributed by atoms with Crippen LogP contribution in [0.4, 0.5) is 11.4 Å². The van der Waals surface area contributed by atoms with Crippen LogP contribution < -0.4 is 20.4 Å². The Morgan fingerprint density at radius 1 is 0.710 bits per heavy atom. The Morgan fingerprint density at radius 3 is 1.58 bits per heavy atom. The lowest BCUT2D eigenvalue weighted by Gasteiger charge is -2.24. The molecule has 3 aliphatic rings. The smallest absolute Gasteiger partial charge is 0.253 e. The minimum absolute atomic E-state index is 0.139. The Hall–Kier alpha value is -3.68. The van der Waals surface area contributed by atoms with Crippen LogP contribution in [0.5, 0.6) is 0 Å². The van der Waals surface area contributed by atoms with Crippen molar-refractivity contribution >= 4 is 35.0 Å². The number of fused-ring (bicyclic) bond motifs is 2. The van der Waals surface area contributed by atoms with E-state index in [-0.39, 0.29) is 23.6 Å². The van der Waals surface area contributed by atoms with E-state index in [9.17, 15) is 19.2 Å². The van der Waals surface area contributed by atoms with Gasteiger partial charge in [0.05, 0.1) is 34.3 Å². The maximum Gasteiger partial charge on any atom is 0.253 e. The SMILES string of the molecule is O=C1NCCN(C(=O)C2CC2C(=O)N2CCNC(=O)c3ccccc32)c2ccccc21. The molecule has 2 unspecified atom stereocenters. The molecule has 1 fully saturated rings. The molecule has 2 heterocycles. The average molecular weight is 418 g/mol. The number of hydrogen-bond acceptors (Lipinski definition) is 4. The molecule has 4 amide bonds. The van der Waals surface area contributed by atoms with Crippen LogP contribution in [0.3, 0.4) is 0 Å². The molecule has 8 nitrogen and oxygen atoms in total. The lowest BCUT2D eigenvalue weighted by atomic mass is 10.1. The Labute approximate surface area is 179 Å². The van der Waals surface area contributed by atoms with Gasteiger partial charge >= 0.3 is 0 Å². The number of anilines is 2. The predicted molar refractivity (Wildman–Crippen MR) is 114 cm³/mol. The van der Waals surface area contributed by atoms with E-state index < -0.39 is 11.8 Å². The van der Waals surface area contributed by atoms with Gasteiger partial charge in [-0.05, 0) is 30.7 Å². The van der Waals surface area contributed by atoms with Gasteiger partial charge in [-0.3, -0.25) is 19.2 Å². The molecule has 31 heavy (non-hydrogen) atoms. The van der Waals surface area contributed by atoms with Gasteiger partial charge in [-0.15, -0.1) is 0 Å². The third-order valence-corrected chi connectivity index (χ3v) is 6.08. The van der Waals surface area contributed by atoms with E-state index in [2.05, 4.69) is 10.6 Å². The summed E-state index contributed by atoms with van der Waals surface area (Å²) in [5.74, 6) is -1.53. The highest BCUT2D eigenvalue weighted by Crippen LogP contribution is 2.43. The highest BCUT2D eigenvalue weighted by atomic mass is 16.2. The maximum atomic E-state index is 13.3. The fraction of sp³-hybridized carbons (Fsp3) is 0.304. The maximum absolute atomic E-state index is 13.3. The molecule has 0 saturated heterocycles. The van der Waals surface area contributed by atoms with Crippen LogP contribution >= 0.6 is 0 Å². The van der Waals surface area contributed by atoms with Crippen molar-refractivity contribution in [3.63, 3.8) is 0 Å². The molecule has 5 rings (SSSR count). The van der Waals surface area contributed by atoms with E-state index in [4.69, 9.17) is 0 Å². The van der Waals surface area contributed by atoms with Crippen LogP contribution in [0.1, 0.15) is 27.1 Å². The van der Waals surface area contributed by atoms with Gasteiger partial charge < -0.3 is 20.4 Å². The number of nitrogens with zero attached hydrogens (tertiary/aromatic N) is 2. The number of nitrogens with one attached hydrogen (secondary N) is 2. The van der Waals surface area contributed by atoms with Crippen molar-refractivity contribution in [2.24, 2.45) is 11.8 Å². The average Bonchev–Trinajstić information content (AvgIpc) is 3.61. The summed E-state index contributed by atoms with van der Waals surface area (Å²) < 4.78 is 0. The first kappa shape index (κ1) is 19.3. The molecule has 0 bridgehead atoms. The largest absolute Gasteiger partial charge is 0.350 e. The molecule has 2 atom stereocenters. The summed E-state index contributed by atoms with van der Waals surface area (Å²) in [6.45, 7) is 1.45. The standard InChI is InChI=1S/C23H22N4O4/c28-20-14-5-1-3-7-18(14)26(11-9-24-20)22(30)16-13-17(16)23(31)27-12-10-25-21(29)15-6-2-4-8-19(15)27/h1-8,16-17H,9-13H2,(H,24,28)(H,25,29). The molecular formula is C23H22N4O4. The summed E-state index contributed by atoms with van der Waals surface area (Å²) in [6.07, 6.45) is 0.470. The van der Waals surface area contributed by atoms with Gasteiger partial charge in [-0.25, -0.2) is 0 Å². The number of rotatable bonds is 2. The summed E-state index contributed by atoms with van der Waals surface area (Å²) in [7, 11) is 0. The summed E-state index contributed by atoms with van der Waals surface area (Å²) in [5.41, 5.74) is 2.08. The summed E-state index contributed by atoms with van der Waals surface area (Å²) >= 11 is 0. The van der Waals surface area contributed by atoms with Gasteiger partial charge in [0.2, 0.25) is 11.8 Å². The molecule has 2 aliphatic heterocycles. The summed E-state index contributed by atoms with van der Waals surface area (Å²) in [4.78, 5) is 54.4. The van der Waals surface area contributed by atoms with Crippen LogP contribution in [-0.4, -0.2) is 49.8 Å². The predicted octanol–water partition coefficient (Wildman–Crippen LogP) is 1.18. The van der Waals surface area contributed by atoms with Crippen molar-refractivity contribution in [3.05, 3.63) is 59.7 Å². The molecule has 0 radical (unpaired) electrons. The molecule has 0 aromatic heterocycles. The first-order chi connectivity index (χ1) is 15.1. The topological polar surface area (TPSA) is 98.8 Å². The molecule has 2 N–H and O–H groups in total. The number of para-hydroxylation sites is 2. The van der Waals surface area contributed by atoms with Crippen molar-refractivity contribution in [3.8, 4) is 0 Å². The molecule has 158 valence electrons. The van der Waals surface area contributed by atoms with Crippen LogP contribution in [0, 0.1) is 11.8 Å². The van der Waals surface area contributed by atoms with Crippen molar-refractivity contribution in [2.75, 3.05) is 36.0 Å². The lowest BCUT2D eigenvalue weighted by Crippen LogP contribution is -2.39. The summed E-state index contributed by atoms with van der Waals surface area (Å²) in [6, 6.07) is 14.0. The second-order valence-corrected chi connectivity index (χ2v) is 7.97. The quantitative estimate of drug-likeness (QED) is 0.765. The van der Waals surface area contributed by atoms with E-state index in [0.29, 0.717) is 55.1 Å². The van der Waals surface area contributed by atoms with Crippen LogP contribution in [0.15, 0.2) is 48.5 Å². The minimum atomic E-state index is -0.423. The fourth-order valence-electron chi connectivity index (χ4n) is 4.39. The van der Waals surface area contributed by atoms with Crippen molar-refractivity contribution < 1.29 is 19.2 Å². The van der Waals surface area contributed by atoms with E-state index >= 15 is 0 Å². The zero-order valence-corrected chi connectivity index (χ0v) is 16.8. The van der Waals surface area contributed by atoms with Crippen molar-refractivity contribution in [1.82, 2.24) is 10.6 Å². The molecule has 1 aliphatic carbocycles. The van der Waals surface area contributed by atoms with Gasteiger partial charge in [0.15, 0.2) is 0 Å².